The molecule has 1 rings (SSSR count). The lowest BCUT2D eigenvalue weighted by Gasteiger charge is -2.27. The maximum absolute atomic E-state index is 12.9. The predicted octanol–water partition coefficient (Wildman–Crippen LogP) is -1.35. The molecule has 4 amide bonds. The number of phenols is 1. The normalized spacial score (nSPS) is 14.3. The van der Waals surface area contributed by atoms with E-state index in [9.17, 15) is 34.2 Å². The summed E-state index contributed by atoms with van der Waals surface area (Å²) in [6.45, 7) is 3.29. The van der Waals surface area contributed by atoms with E-state index in [2.05, 4.69) is 28.6 Å². The Morgan fingerprint density at radius 3 is 2.00 bits per heavy atom. The molecule has 35 heavy (non-hydrogen) atoms. The largest absolute Gasteiger partial charge is 0.508 e. The van der Waals surface area contributed by atoms with E-state index in [1.165, 1.54) is 24.3 Å². The summed E-state index contributed by atoms with van der Waals surface area (Å²) in [5.74, 6) is -4.56. The van der Waals surface area contributed by atoms with Gasteiger partial charge in [-0.2, -0.15) is 12.6 Å². The quantitative estimate of drug-likeness (QED) is 0.139. The van der Waals surface area contributed by atoms with Crippen molar-refractivity contribution >= 4 is 42.2 Å². The SMILES string of the molecule is CC(C)C(NC(=O)C(CCC(N)=O)NC(=O)C(N)CS)C(=O)NC(Cc1ccc(O)cc1)C(=O)O. The Hall–Kier alpha value is -3.32. The molecule has 1 aromatic carbocycles. The van der Waals surface area contributed by atoms with Gasteiger partial charge in [0, 0.05) is 18.6 Å². The number of rotatable bonds is 14. The van der Waals surface area contributed by atoms with E-state index >= 15 is 0 Å². The molecule has 0 spiro atoms. The van der Waals surface area contributed by atoms with E-state index in [-0.39, 0.29) is 30.8 Å². The molecule has 9 N–H and O–H groups in total. The zero-order valence-corrected chi connectivity index (χ0v) is 20.5. The van der Waals surface area contributed by atoms with Crippen LogP contribution in [0.25, 0.3) is 0 Å². The first-order valence-corrected chi connectivity index (χ1v) is 11.6. The lowest BCUT2D eigenvalue weighted by Crippen LogP contribution is -2.58. The average molecular weight is 512 g/mol. The number of carboxylic acids is 1. The number of primary amides is 1. The molecule has 0 aliphatic heterocycles. The summed E-state index contributed by atoms with van der Waals surface area (Å²) in [5.41, 5.74) is 11.3. The molecule has 4 unspecified atom stereocenters. The van der Waals surface area contributed by atoms with Crippen LogP contribution in [0.1, 0.15) is 32.3 Å². The van der Waals surface area contributed by atoms with Crippen LogP contribution in [0.3, 0.4) is 0 Å². The highest BCUT2D eigenvalue weighted by Gasteiger charge is 2.32. The Morgan fingerprint density at radius 1 is 0.943 bits per heavy atom. The number of aliphatic carboxylic acids is 1. The van der Waals surface area contributed by atoms with Gasteiger partial charge in [0.1, 0.15) is 23.9 Å². The van der Waals surface area contributed by atoms with Crippen molar-refractivity contribution in [3.8, 4) is 5.75 Å². The van der Waals surface area contributed by atoms with Gasteiger partial charge in [-0.05, 0) is 30.0 Å². The summed E-state index contributed by atoms with van der Waals surface area (Å²) >= 11 is 3.94. The molecule has 0 heterocycles. The van der Waals surface area contributed by atoms with Crippen LogP contribution in [-0.4, -0.2) is 69.7 Å². The maximum atomic E-state index is 12.9. The Bertz CT molecular complexity index is 910. The molecule has 0 aromatic heterocycles. The number of nitrogens with two attached hydrogens (primary N) is 2. The molecule has 0 fully saturated rings. The van der Waals surface area contributed by atoms with Crippen molar-refractivity contribution in [3.05, 3.63) is 29.8 Å². The molecule has 0 saturated carbocycles. The monoisotopic (exact) mass is 511 g/mol. The number of aromatic hydroxyl groups is 1. The highest BCUT2D eigenvalue weighted by molar-refractivity contribution is 7.80. The molecule has 0 aliphatic carbocycles. The van der Waals surface area contributed by atoms with E-state index in [0.717, 1.165) is 0 Å². The first-order valence-electron chi connectivity index (χ1n) is 10.9. The summed E-state index contributed by atoms with van der Waals surface area (Å²) < 4.78 is 0. The Morgan fingerprint density at radius 2 is 1.51 bits per heavy atom. The second kappa shape index (κ2) is 14.2. The second-order valence-electron chi connectivity index (χ2n) is 8.36. The van der Waals surface area contributed by atoms with Crippen LogP contribution >= 0.6 is 12.6 Å². The van der Waals surface area contributed by atoms with Gasteiger partial charge in [0.2, 0.25) is 23.6 Å². The van der Waals surface area contributed by atoms with Crippen LogP contribution in [0.5, 0.6) is 5.75 Å². The number of carbonyl (C=O) groups is 5. The molecule has 0 bridgehead atoms. The van der Waals surface area contributed by atoms with Crippen molar-refractivity contribution in [1.29, 1.82) is 0 Å². The molecule has 0 aliphatic rings. The van der Waals surface area contributed by atoms with Gasteiger partial charge in [-0.15, -0.1) is 0 Å². The van der Waals surface area contributed by atoms with Crippen LogP contribution in [0, 0.1) is 5.92 Å². The molecule has 0 saturated heterocycles. The number of thiol groups is 1. The van der Waals surface area contributed by atoms with Crippen molar-refractivity contribution < 1.29 is 34.2 Å². The van der Waals surface area contributed by atoms with Crippen molar-refractivity contribution in [1.82, 2.24) is 16.0 Å². The van der Waals surface area contributed by atoms with Crippen molar-refractivity contribution in [3.63, 3.8) is 0 Å². The van der Waals surface area contributed by atoms with Crippen LogP contribution in [0.15, 0.2) is 24.3 Å². The first-order chi connectivity index (χ1) is 16.3. The van der Waals surface area contributed by atoms with E-state index in [1.54, 1.807) is 13.8 Å². The summed E-state index contributed by atoms with van der Waals surface area (Å²) in [7, 11) is 0. The molecule has 1 aromatic rings. The van der Waals surface area contributed by atoms with Gasteiger partial charge >= 0.3 is 5.97 Å². The van der Waals surface area contributed by atoms with Gasteiger partial charge < -0.3 is 37.6 Å². The molecule has 194 valence electrons. The molecule has 4 atom stereocenters. The molecular formula is C22H33N5O7S. The average Bonchev–Trinajstić information content (AvgIpc) is 2.79. The number of nitrogens with one attached hydrogen (secondary N) is 3. The number of carboxylic acid groups (broad SMARTS) is 1. The van der Waals surface area contributed by atoms with Crippen LogP contribution in [0.4, 0.5) is 0 Å². The summed E-state index contributed by atoms with van der Waals surface area (Å²) in [6, 6.07) is 1.20. The molecule has 12 nitrogen and oxygen atoms in total. The van der Waals surface area contributed by atoms with Crippen LogP contribution in [-0.2, 0) is 30.4 Å². The minimum absolute atomic E-state index is 0.0144. The minimum Gasteiger partial charge on any atom is -0.508 e. The van der Waals surface area contributed by atoms with Gasteiger partial charge in [-0.3, -0.25) is 19.2 Å². The smallest absolute Gasteiger partial charge is 0.326 e. The van der Waals surface area contributed by atoms with E-state index in [4.69, 9.17) is 11.5 Å². The lowest BCUT2D eigenvalue weighted by molar-refractivity contribution is -0.142. The summed E-state index contributed by atoms with van der Waals surface area (Å²) in [5, 5.41) is 26.3. The third kappa shape index (κ3) is 10.2. The van der Waals surface area contributed by atoms with Crippen molar-refractivity contribution in [2.24, 2.45) is 17.4 Å². The maximum Gasteiger partial charge on any atom is 0.326 e. The fourth-order valence-corrected chi connectivity index (χ4v) is 3.20. The van der Waals surface area contributed by atoms with E-state index in [1.807, 2.05) is 0 Å². The zero-order valence-electron chi connectivity index (χ0n) is 19.6. The Kier molecular flexibility index (Phi) is 12.0. The fraction of sp³-hybridized carbons (Fsp3) is 0.500. The van der Waals surface area contributed by atoms with Gasteiger partial charge in [-0.25, -0.2) is 4.79 Å². The van der Waals surface area contributed by atoms with Gasteiger partial charge in [0.25, 0.3) is 0 Å². The third-order valence-electron chi connectivity index (χ3n) is 5.08. The fourth-order valence-electron chi connectivity index (χ4n) is 3.04. The number of phenolic OH excluding ortho intramolecular Hbond substituents is 1. The van der Waals surface area contributed by atoms with Crippen molar-refractivity contribution in [2.75, 3.05) is 5.75 Å². The van der Waals surface area contributed by atoms with Crippen LogP contribution < -0.4 is 27.4 Å². The second-order valence-corrected chi connectivity index (χ2v) is 8.72. The number of benzene rings is 1. The summed E-state index contributed by atoms with van der Waals surface area (Å²) in [4.78, 5) is 60.9. The highest BCUT2D eigenvalue weighted by Crippen LogP contribution is 2.12. The number of hydrogen-bond acceptors (Lipinski definition) is 8. The standard InChI is InChI=1S/C22H33N5O7S/c1-11(2)18(21(32)26-16(22(33)34)9-12-3-5-13(28)6-4-12)27-20(31)15(7-8-17(24)29)25-19(30)14(23)10-35/h3-6,11,14-16,18,28,35H,7-10,23H2,1-2H3,(H2,24,29)(H,25,30)(H,26,32)(H,27,31)(H,33,34). The number of hydrogen-bond donors (Lipinski definition) is 8. The van der Waals surface area contributed by atoms with Gasteiger partial charge in [-0.1, -0.05) is 26.0 Å². The summed E-state index contributed by atoms with van der Waals surface area (Å²) in [6.07, 6.45) is -0.392. The topological polar surface area (TPSA) is 214 Å². The zero-order chi connectivity index (χ0) is 26.7. The van der Waals surface area contributed by atoms with Gasteiger partial charge in [0.15, 0.2) is 0 Å². The Balaban J connectivity index is 2.98. The van der Waals surface area contributed by atoms with Crippen LogP contribution in [0.2, 0.25) is 0 Å². The number of amides is 4. The number of carbonyl (C=O) groups excluding carboxylic acids is 4. The van der Waals surface area contributed by atoms with Crippen molar-refractivity contribution in [2.45, 2.75) is 57.3 Å². The minimum atomic E-state index is -1.30. The van der Waals surface area contributed by atoms with Gasteiger partial charge in [0.05, 0.1) is 6.04 Å². The highest BCUT2D eigenvalue weighted by atomic mass is 32.1. The lowest BCUT2D eigenvalue weighted by atomic mass is 10.00. The molecular weight excluding hydrogens is 478 g/mol. The first kappa shape index (κ1) is 29.7. The molecule has 0 radical (unpaired) electrons. The van der Waals surface area contributed by atoms with E-state index in [0.29, 0.717) is 5.56 Å². The predicted molar refractivity (Wildman–Crippen MR) is 130 cm³/mol. The Labute approximate surface area is 208 Å². The molecule has 13 heteroatoms. The van der Waals surface area contributed by atoms with E-state index < -0.39 is 59.7 Å². The third-order valence-corrected chi connectivity index (χ3v) is 5.48.